The van der Waals surface area contributed by atoms with Gasteiger partial charge in [-0.15, -0.1) is 0 Å². The molecule has 0 aromatic heterocycles. The molecule has 0 atom stereocenters. The first kappa shape index (κ1) is 17.3. The lowest BCUT2D eigenvalue weighted by molar-refractivity contribution is -0.118. The number of nitrogens with zero attached hydrogens (tertiary/aromatic N) is 1. The van der Waals surface area contributed by atoms with Gasteiger partial charge in [0.15, 0.2) is 6.61 Å². The summed E-state index contributed by atoms with van der Waals surface area (Å²) in [5, 5.41) is 3.41. The van der Waals surface area contributed by atoms with Crippen molar-refractivity contribution in [3.8, 4) is 5.75 Å². The predicted molar refractivity (Wildman–Crippen MR) is 98.3 cm³/mol. The van der Waals surface area contributed by atoms with Gasteiger partial charge in [-0.1, -0.05) is 11.6 Å². The van der Waals surface area contributed by atoms with E-state index in [0.717, 1.165) is 24.2 Å². The van der Waals surface area contributed by atoms with E-state index in [-0.39, 0.29) is 18.4 Å². The second-order valence-corrected chi connectivity index (χ2v) is 6.38. The fourth-order valence-corrected chi connectivity index (χ4v) is 2.94. The molecule has 0 radical (unpaired) electrons. The molecular formula is C19H19ClN2O3. The molecule has 2 amide bonds. The molecule has 0 bridgehead atoms. The van der Waals surface area contributed by atoms with Gasteiger partial charge in [-0.25, -0.2) is 0 Å². The van der Waals surface area contributed by atoms with Crippen molar-refractivity contribution in [3.05, 3.63) is 53.1 Å². The Morgan fingerprint density at radius 3 is 2.64 bits per heavy atom. The van der Waals surface area contributed by atoms with Crippen molar-refractivity contribution in [2.45, 2.75) is 19.8 Å². The minimum Gasteiger partial charge on any atom is -0.484 e. The van der Waals surface area contributed by atoms with Crippen LogP contribution in [0.1, 0.15) is 18.4 Å². The molecule has 0 aliphatic carbocycles. The molecule has 1 aliphatic rings. The third-order valence-electron chi connectivity index (χ3n) is 4.03. The Bertz CT molecular complexity index is 790. The summed E-state index contributed by atoms with van der Waals surface area (Å²) in [6.45, 7) is 2.59. The van der Waals surface area contributed by atoms with E-state index < -0.39 is 0 Å². The van der Waals surface area contributed by atoms with Gasteiger partial charge in [0.2, 0.25) is 5.91 Å². The smallest absolute Gasteiger partial charge is 0.262 e. The molecular weight excluding hydrogens is 340 g/mol. The van der Waals surface area contributed by atoms with Gasteiger partial charge in [-0.05, 0) is 61.4 Å². The second-order valence-electron chi connectivity index (χ2n) is 5.94. The highest BCUT2D eigenvalue weighted by Crippen LogP contribution is 2.27. The predicted octanol–water partition coefficient (Wildman–Crippen LogP) is 3.79. The molecule has 3 rings (SSSR count). The van der Waals surface area contributed by atoms with E-state index in [2.05, 4.69) is 5.32 Å². The lowest BCUT2D eigenvalue weighted by atomic mass is 10.1. The number of rotatable bonds is 5. The van der Waals surface area contributed by atoms with Crippen LogP contribution in [0.4, 0.5) is 11.4 Å². The van der Waals surface area contributed by atoms with Gasteiger partial charge in [0, 0.05) is 29.4 Å². The highest BCUT2D eigenvalue weighted by Gasteiger charge is 2.23. The first-order valence-electron chi connectivity index (χ1n) is 8.12. The summed E-state index contributed by atoms with van der Waals surface area (Å²) in [4.78, 5) is 25.7. The van der Waals surface area contributed by atoms with Crippen LogP contribution in [0.5, 0.6) is 5.75 Å². The van der Waals surface area contributed by atoms with Crippen LogP contribution in [0.25, 0.3) is 0 Å². The highest BCUT2D eigenvalue weighted by molar-refractivity contribution is 6.30. The van der Waals surface area contributed by atoms with Crippen LogP contribution in [0.15, 0.2) is 42.5 Å². The van der Waals surface area contributed by atoms with Gasteiger partial charge < -0.3 is 15.0 Å². The molecule has 25 heavy (non-hydrogen) atoms. The fourth-order valence-electron chi connectivity index (χ4n) is 2.82. The summed E-state index contributed by atoms with van der Waals surface area (Å²) in [5.74, 6) is 0.481. The summed E-state index contributed by atoms with van der Waals surface area (Å²) in [5.41, 5.74) is 2.53. The summed E-state index contributed by atoms with van der Waals surface area (Å²) in [7, 11) is 0. The summed E-state index contributed by atoms with van der Waals surface area (Å²) in [6.07, 6.45) is 1.48. The lowest BCUT2D eigenvalue weighted by Crippen LogP contribution is -2.24. The standard InChI is InChI=1S/C19H19ClN2O3/c1-13-11-15(6-9-17(13)22-10-2-3-19(22)24)21-18(23)12-25-16-7-4-14(20)5-8-16/h4-9,11H,2-3,10,12H2,1H3,(H,21,23). The number of anilines is 2. The van der Waals surface area contributed by atoms with Gasteiger partial charge in [0.05, 0.1) is 0 Å². The zero-order valence-electron chi connectivity index (χ0n) is 13.9. The van der Waals surface area contributed by atoms with Crippen molar-refractivity contribution in [1.82, 2.24) is 0 Å². The number of hydrogen-bond acceptors (Lipinski definition) is 3. The molecule has 2 aromatic carbocycles. The lowest BCUT2D eigenvalue weighted by Gasteiger charge is -2.19. The maximum atomic E-state index is 12.0. The molecule has 2 aromatic rings. The van der Waals surface area contributed by atoms with Crippen LogP contribution in [0.3, 0.4) is 0 Å². The average molecular weight is 359 g/mol. The number of carbonyl (C=O) groups is 2. The maximum Gasteiger partial charge on any atom is 0.262 e. The largest absolute Gasteiger partial charge is 0.484 e. The van der Waals surface area contributed by atoms with Crippen molar-refractivity contribution in [3.63, 3.8) is 0 Å². The number of halogens is 1. The van der Waals surface area contributed by atoms with E-state index in [4.69, 9.17) is 16.3 Å². The van der Waals surface area contributed by atoms with Crippen molar-refractivity contribution < 1.29 is 14.3 Å². The second kappa shape index (κ2) is 7.57. The van der Waals surface area contributed by atoms with Crippen LogP contribution in [0, 0.1) is 6.92 Å². The number of amides is 2. The zero-order chi connectivity index (χ0) is 17.8. The maximum absolute atomic E-state index is 12.0. The topological polar surface area (TPSA) is 58.6 Å². The molecule has 1 saturated heterocycles. The minimum absolute atomic E-state index is 0.0902. The van der Waals surface area contributed by atoms with Crippen molar-refractivity contribution in [2.75, 3.05) is 23.4 Å². The van der Waals surface area contributed by atoms with E-state index in [1.165, 1.54) is 0 Å². The monoisotopic (exact) mass is 358 g/mol. The fraction of sp³-hybridized carbons (Fsp3) is 0.263. The SMILES string of the molecule is Cc1cc(NC(=O)COc2ccc(Cl)cc2)ccc1N1CCCC1=O. The Labute approximate surface area is 151 Å². The number of benzene rings is 2. The highest BCUT2D eigenvalue weighted by atomic mass is 35.5. The number of hydrogen-bond donors (Lipinski definition) is 1. The first-order valence-corrected chi connectivity index (χ1v) is 8.50. The molecule has 0 spiro atoms. The summed E-state index contributed by atoms with van der Waals surface area (Å²) >= 11 is 5.81. The molecule has 1 heterocycles. The summed E-state index contributed by atoms with van der Waals surface area (Å²) < 4.78 is 5.42. The van der Waals surface area contributed by atoms with Gasteiger partial charge in [-0.2, -0.15) is 0 Å². The van der Waals surface area contributed by atoms with Crippen LogP contribution in [-0.4, -0.2) is 25.0 Å². The molecule has 1 fully saturated rings. The van der Waals surface area contributed by atoms with E-state index in [1.807, 2.05) is 19.1 Å². The zero-order valence-corrected chi connectivity index (χ0v) is 14.7. The quantitative estimate of drug-likeness (QED) is 0.884. The Hall–Kier alpha value is -2.53. The molecule has 1 aliphatic heterocycles. The van der Waals surface area contributed by atoms with Crippen LogP contribution in [0.2, 0.25) is 5.02 Å². The minimum atomic E-state index is -0.251. The molecule has 130 valence electrons. The van der Waals surface area contributed by atoms with Gasteiger partial charge >= 0.3 is 0 Å². The van der Waals surface area contributed by atoms with E-state index in [0.29, 0.717) is 22.9 Å². The Morgan fingerprint density at radius 1 is 1.24 bits per heavy atom. The van der Waals surface area contributed by atoms with Crippen LogP contribution >= 0.6 is 11.6 Å². The number of nitrogens with one attached hydrogen (secondary N) is 1. The molecule has 6 heteroatoms. The van der Waals surface area contributed by atoms with Gasteiger partial charge in [0.1, 0.15) is 5.75 Å². The van der Waals surface area contributed by atoms with E-state index >= 15 is 0 Å². The number of carbonyl (C=O) groups excluding carboxylic acids is 2. The third-order valence-corrected chi connectivity index (χ3v) is 4.28. The average Bonchev–Trinajstić information content (AvgIpc) is 3.00. The van der Waals surface area contributed by atoms with Crippen molar-refractivity contribution in [1.29, 1.82) is 0 Å². The Balaban J connectivity index is 1.58. The Morgan fingerprint density at radius 2 is 2.00 bits per heavy atom. The molecule has 0 unspecified atom stereocenters. The van der Waals surface area contributed by atoms with Crippen molar-refractivity contribution >= 4 is 34.8 Å². The van der Waals surface area contributed by atoms with Crippen LogP contribution < -0.4 is 15.0 Å². The van der Waals surface area contributed by atoms with E-state index in [1.54, 1.807) is 35.2 Å². The van der Waals surface area contributed by atoms with Crippen molar-refractivity contribution in [2.24, 2.45) is 0 Å². The number of ether oxygens (including phenoxy) is 1. The summed E-state index contributed by atoms with van der Waals surface area (Å²) in [6, 6.07) is 12.4. The molecule has 1 N–H and O–H groups in total. The number of aryl methyl sites for hydroxylation is 1. The third kappa shape index (κ3) is 4.31. The van der Waals surface area contributed by atoms with Gasteiger partial charge in [0.25, 0.3) is 5.91 Å². The molecule has 5 nitrogen and oxygen atoms in total. The van der Waals surface area contributed by atoms with Gasteiger partial charge in [-0.3, -0.25) is 9.59 Å². The van der Waals surface area contributed by atoms with E-state index in [9.17, 15) is 9.59 Å². The van der Waals surface area contributed by atoms with Crippen LogP contribution in [-0.2, 0) is 9.59 Å². The first-order chi connectivity index (χ1) is 12.0. The Kier molecular flexibility index (Phi) is 5.24. The molecule has 0 saturated carbocycles. The normalized spacial score (nSPS) is 13.8.